The van der Waals surface area contributed by atoms with Crippen LogP contribution in [0.2, 0.25) is 0 Å². The van der Waals surface area contributed by atoms with E-state index in [1.165, 1.54) is 24.9 Å². The van der Waals surface area contributed by atoms with Crippen LogP contribution in [-0.2, 0) is 14.4 Å². The second-order valence-electron chi connectivity index (χ2n) is 4.36. The molecule has 0 aromatic carbocycles. The van der Waals surface area contributed by atoms with E-state index in [4.69, 9.17) is 10.5 Å². The van der Waals surface area contributed by atoms with Crippen molar-refractivity contribution in [3.63, 3.8) is 0 Å². The second-order valence-corrected chi connectivity index (χ2v) is 5.25. The molecular weight excluding hydrogens is 266 g/mol. The molecule has 1 aromatic rings. The average molecular weight is 283 g/mol. The van der Waals surface area contributed by atoms with Crippen LogP contribution in [0.1, 0.15) is 37.8 Å². The Labute approximate surface area is 115 Å². The van der Waals surface area contributed by atoms with E-state index in [2.05, 4.69) is 15.0 Å². The number of nitrogens with two attached hydrogens (primary N) is 1. The van der Waals surface area contributed by atoms with Crippen molar-refractivity contribution in [2.75, 3.05) is 12.8 Å². The lowest BCUT2D eigenvalue weighted by Crippen LogP contribution is -2.27. The van der Waals surface area contributed by atoms with E-state index in [9.17, 15) is 4.79 Å². The van der Waals surface area contributed by atoms with Crippen LogP contribution in [0.5, 0.6) is 0 Å². The molecule has 1 aliphatic carbocycles. The Bertz CT molecular complexity index is 467. The summed E-state index contributed by atoms with van der Waals surface area (Å²) in [5.74, 6) is -0.501. The average Bonchev–Trinajstić information content (AvgIpc) is 2.83. The number of hydrogen-bond donors (Lipinski definition) is 1. The molecule has 0 atom stereocenters. The third-order valence-electron chi connectivity index (χ3n) is 2.97. The van der Waals surface area contributed by atoms with Gasteiger partial charge in [0, 0.05) is 5.38 Å². The summed E-state index contributed by atoms with van der Waals surface area (Å²) < 4.78 is 5.44. The quantitative estimate of drug-likeness (QED) is 0.518. The molecule has 1 fully saturated rings. The number of ether oxygens (including phenoxy) is 1. The molecule has 1 aromatic heterocycles. The fraction of sp³-hybridized carbons (Fsp3) is 0.583. The number of oxime groups is 1. The Kier molecular flexibility index (Phi) is 4.73. The topological polar surface area (TPSA) is 86.8 Å². The largest absolute Gasteiger partial charge is 0.458 e. The number of rotatable bonds is 4. The van der Waals surface area contributed by atoms with E-state index in [1.54, 1.807) is 5.38 Å². The Hall–Kier alpha value is -1.63. The number of aromatic nitrogens is 1. The highest BCUT2D eigenvalue weighted by Crippen LogP contribution is 2.21. The maximum absolute atomic E-state index is 12.1. The van der Waals surface area contributed by atoms with Gasteiger partial charge in [-0.05, 0) is 25.7 Å². The van der Waals surface area contributed by atoms with Gasteiger partial charge in [0.05, 0.1) is 0 Å². The zero-order valence-electron chi connectivity index (χ0n) is 10.8. The van der Waals surface area contributed by atoms with Crippen LogP contribution in [0.25, 0.3) is 0 Å². The van der Waals surface area contributed by atoms with Gasteiger partial charge in [0.2, 0.25) is 5.71 Å². The summed E-state index contributed by atoms with van der Waals surface area (Å²) in [5.41, 5.74) is 6.02. The van der Waals surface area contributed by atoms with Crippen LogP contribution >= 0.6 is 11.3 Å². The highest BCUT2D eigenvalue weighted by molar-refractivity contribution is 7.13. The molecule has 1 saturated carbocycles. The van der Waals surface area contributed by atoms with Crippen LogP contribution < -0.4 is 5.73 Å². The molecule has 0 aliphatic heterocycles. The van der Waals surface area contributed by atoms with Crippen LogP contribution in [0.15, 0.2) is 10.5 Å². The van der Waals surface area contributed by atoms with Gasteiger partial charge in [0.25, 0.3) is 0 Å². The molecule has 0 spiro atoms. The van der Waals surface area contributed by atoms with Crippen molar-refractivity contribution in [1.29, 1.82) is 0 Å². The van der Waals surface area contributed by atoms with E-state index >= 15 is 0 Å². The summed E-state index contributed by atoms with van der Waals surface area (Å²) in [6, 6.07) is 0. The summed E-state index contributed by atoms with van der Waals surface area (Å²) in [6.45, 7) is 0. The van der Waals surface area contributed by atoms with Crippen molar-refractivity contribution >= 4 is 28.1 Å². The van der Waals surface area contributed by atoms with Crippen molar-refractivity contribution in [3.05, 3.63) is 11.1 Å². The highest BCUT2D eigenvalue weighted by Gasteiger charge is 2.24. The molecule has 19 heavy (non-hydrogen) atoms. The van der Waals surface area contributed by atoms with E-state index in [-0.39, 0.29) is 11.8 Å². The van der Waals surface area contributed by atoms with Crippen LogP contribution in [0.4, 0.5) is 5.13 Å². The zero-order valence-corrected chi connectivity index (χ0v) is 11.6. The first-order chi connectivity index (χ1) is 9.20. The number of nitrogen functional groups attached to an aromatic ring is 1. The van der Waals surface area contributed by atoms with Gasteiger partial charge in [0.1, 0.15) is 18.9 Å². The van der Waals surface area contributed by atoms with E-state index in [1.807, 2.05) is 0 Å². The standard InChI is InChI=1S/C12H17N3O3S/c1-17-15-10(9-7-19-12(13)14-9)11(16)18-8-5-3-2-4-6-8/h7-8H,2-6H2,1H3,(H2,13,14). The van der Waals surface area contributed by atoms with Gasteiger partial charge in [-0.2, -0.15) is 0 Å². The van der Waals surface area contributed by atoms with Crippen molar-refractivity contribution in [1.82, 2.24) is 4.98 Å². The molecule has 1 aliphatic rings. The van der Waals surface area contributed by atoms with Crippen LogP contribution in [0.3, 0.4) is 0 Å². The summed E-state index contributed by atoms with van der Waals surface area (Å²) in [4.78, 5) is 20.8. The van der Waals surface area contributed by atoms with Crippen LogP contribution in [0, 0.1) is 0 Å². The molecule has 7 heteroatoms. The number of carbonyl (C=O) groups excluding carboxylic acids is 1. The molecule has 0 unspecified atom stereocenters. The number of carbonyl (C=O) groups is 1. The van der Waals surface area contributed by atoms with Gasteiger partial charge in [-0.25, -0.2) is 9.78 Å². The molecule has 0 amide bonds. The van der Waals surface area contributed by atoms with E-state index in [0.717, 1.165) is 25.7 Å². The van der Waals surface area contributed by atoms with Gasteiger partial charge >= 0.3 is 5.97 Å². The van der Waals surface area contributed by atoms with Crippen molar-refractivity contribution in [2.24, 2.45) is 5.16 Å². The minimum atomic E-state index is -0.501. The summed E-state index contributed by atoms with van der Waals surface area (Å²) in [7, 11) is 1.38. The lowest BCUT2D eigenvalue weighted by molar-refractivity contribution is -0.142. The lowest BCUT2D eigenvalue weighted by atomic mass is 9.98. The minimum Gasteiger partial charge on any atom is -0.458 e. The second kappa shape index (κ2) is 6.51. The Morgan fingerprint density at radius 3 is 2.79 bits per heavy atom. The molecule has 2 N–H and O–H groups in total. The smallest absolute Gasteiger partial charge is 0.362 e. The normalized spacial score (nSPS) is 17.2. The first-order valence-corrected chi connectivity index (χ1v) is 7.12. The maximum atomic E-state index is 12.1. The minimum absolute atomic E-state index is 0.0284. The Balaban J connectivity index is 2.06. The fourth-order valence-electron chi connectivity index (χ4n) is 2.07. The van der Waals surface area contributed by atoms with Gasteiger partial charge in [-0.1, -0.05) is 11.6 Å². The molecule has 2 rings (SSSR count). The SMILES string of the molecule is CON=C(C(=O)OC1CCCCC1)c1csc(N)n1. The monoisotopic (exact) mass is 283 g/mol. The fourth-order valence-corrected chi connectivity index (χ4v) is 2.61. The van der Waals surface area contributed by atoms with Crippen LogP contribution in [-0.4, -0.2) is 29.9 Å². The summed E-state index contributed by atoms with van der Waals surface area (Å²) in [5, 5.41) is 5.74. The van der Waals surface area contributed by atoms with E-state index < -0.39 is 5.97 Å². The molecule has 0 radical (unpaired) electrons. The summed E-state index contributed by atoms with van der Waals surface area (Å²) in [6.07, 6.45) is 5.18. The molecule has 6 nitrogen and oxygen atoms in total. The Morgan fingerprint density at radius 1 is 1.47 bits per heavy atom. The van der Waals surface area contributed by atoms with E-state index in [0.29, 0.717) is 10.8 Å². The first-order valence-electron chi connectivity index (χ1n) is 6.24. The molecule has 0 saturated heterocycles. The van der Waals surface area contributed by atoms with Crippen molar-refractivity contribution in [2.45, 2.75) is 38.2 Å². The number of anilines is 1. The first kappa shape index (κ1) is 13.8. The number of nitrogens with zero attached hydrogens (tertiary/aromatic N) is 2. The van der Waals surface area contributed by atoms with Gasteiger partial charge in [0.15, 0.2) is 5.13 Å². The van der Waals surface area contributed by atoms with Crippen molar-refractivity contribution < 1.29 is 14.4 Å². The van der Waals surface area contributed by atoms with Gasteiger partial charge < -0.3 is 15.3 Å². The maximum Gasteiger partial charge on any atom is 0.362 e. The van der Waals surface area contributed by atoms with Gasteiger partial charge in [-0.3, -0.25) is 0 Å². The van der Waals surface area contributed by atoms with Crippen molar-refractivity contribution in [3.8, 4) is 0 Å². The van der Waals surface area contributed by atoms with Gasteiger partial charge in [-0.15, -0.1) is 11.3 Å². The third-order valence-corrected chi connectivity index (χ3v) is 3.64. The summed E-state index contributed by atoms with van der Waals surface area (Å²) >= 11 is 1.24. The lowest BCUT2D eigenvalue weighted by Gasteiger charge is -2.21. The molecular formula is C12H17N3O3S. The third kappa shape index (κ3) is 3.66. The Morgan fingerprint density at radius 2 is 2.21 bits per heavy atom. The number of thiazole rings is 1. The molecule has 0 bridgehead atoms. The number of esters is 1. The molecule has 104 valence electrons. The predicted molar refractivity (Wildman–Crippen MR) is 73.0 cm³/mol. The molecule has 1 heterocycles. The number of hydrogen-bond acceptors (Lipinski definition) is 7. The zero-order chi connectivity index (χ0) is 13.7. The highest BCUT2D eigenvalue weighted by atomic mass is 32.1. The predicted octanol–water partition coefficient (Wildman–Crippen LogP) is 1.95.